The topological polar surface area (TPSA) is 0 Å². The molecule has 7 rings (SSSR count). The van der Waals surface area contributed by atoms with E-state index in [-0.39, 0.29) is 0 Å². The zero-order valence-electron chi connectivity index (χ0n) is 17.7. The lowest BCUT2D eigenvalue weighted by Gasteiger charge is -2.12. The smallest absolute Gasteiger partial charge is 0.0355 e. The fourth-order valence-electron chi connectivity index (χ4n) is 5.16. The Hall–Kier alpha value is -3.68. The quantitative estimate of drug-likeness (QED) is 0.230. The van der Waals surface area contributed by atoms with Crippen molar-refractivity contribution in [3.05, 3.63) is 109 Å². The van der Waals surface area contributed by atoms with Gasteiger partial charge in [-0.2, -0.15) is 0 Å². The van der Waals surface area contributed by atoms with Gasteiger partial charge in [-0.25, -0.2) is 0 Å². The van der Waals surface area contributed by atoms with Crippen LogP contribution in [0.15, 0.2) is 103 Å². The van der Waals surface area contributed by atoms with Crippen molar-refractivity contribution in [2.45, 2.75) is 6.92 Å². The van der Waals surface area contributed by atoms with Crippen molar-refractivity contribution in [1.29, 1.82) is 0 Å². The van der Waals surface area contributed by atoms with Crippen LogP contribution in [-0.4, -0.2) is 0 Å². The van der Waals surface area contributed by atoms with Crippen molar-refractivity contribution in [2.24, 2.45) is 0 Å². The number of hydrogen-bond donors (Lipinski definition) is 0. The van der Waals surface area contributed by atoms with Crippen LogP contribution in [0.25, 0.3) is 63.6 Å². The third kappa shape index (κ3) is 2.55. The first-order chi connectivity index (χ1) is 15.8. The lowest BCUT2D eigenvalue weighted by atomic mass is 9.92. The fraction of sp³-hybridized carbons (Fsp3) is 0.0323. The summed E-state index contributed by atoms with van der Waals surface area (Å²) in [5.74, 6) is 0. The van der Waals surface area contributed by atoms with Gasteiger partial charge in [-0.05, 0) is 80.7 Å². The minimum atomic E-state index is 1.27. The van der Waals surface area contributed by atoms with Crippen LogP contribution in [0.2, 0.25) is 0 Å². The van der Waals surface area contributed by atoms with Gasteiger partial charge in [-0.15, -0.1) is 11.3 Å². The molecule has 1 aromatic heterocycles. The predicted molar refractivity (Wildman–Crippen MR) is 142 cm³/mol. The van der Waals surface area contributed by atoms with Gasteiger partial charge < -0.3 is 0 Å². The molecule has 1 heteroatoms. The van der Waals surface area contributed by atoms with Crippen molar-refractivity contribution in [2.75, 3.05) is 0 Å². The van der Waals surface area contributed by atoms with Crippen LogP contribution in [0, 0.1) is 6.92 Å². The Kier molecular flexibility index (Phi) is 3.73. The Morgan fingerprint density at radius 3 is 1.53 bits per heavy atom. The molecule has 1 heterocycles. The van der Waals surface area contributed by atoms with E-state index in [1.54, 1.807) is 0 Å². The van der Waals surface area contributed by atoms with Crippen LogP contribution in [0.3, 0.4) is 0 Å². The van der Waals surface area contributed by atoms with Crippen LogP contribution in [0.1, 0.15) is 5.56 Å². The summed E-state index contributed by atoms with van der Waals surface area (Å²) >= 11 is 1.88. The maximum absolute atomic E-state index is 2.38. The highest BCUT2D eigenvalue weighted by atomic mass is 32.1. The van der Waals surface area contributed by atoms with Gasteiger partial charge in [0.25, 0.3) is 0 Å². The zero-order valence-corrected chi connectivity index (χ0v) is 18.5. The van der Waals surface area contributed by atoms with Gasteiger partial charge in [-0.1, -0.05) is 78.4 Å². The van der Waals surface area contributed by atoms with Gasteiger partial charge in [0.1, 0.15) is 0 Å². The average Bonchev–Trinajstić information content (AvgIpc) is 3.21. The van der Waals surface area contributed by atoms with Gasteiger partial charge in [0.15, 0.2) is 0 Å². The highest BCUT2D eigenvalue weighted by Crippen LogP contribution is 2.39. The van der Waals surface area contributed by atoms with Crippen LogP contribution in [-0.2, 0) is 0 Å². The minimum absolute atomic E-state index is 1.27. The van der Waals surface area contributed by atoms with Crippen LogP contribution < -0.4 is 0 Å². The van der Waals surface area contributed by atoms with Gasteiger partial charge in [0, 0.05) is 20.2 Å². The Morgan fingerprint density at radius 2 is 0.875 bits per heavy atom. The lowest BCUT2D eigenvalue weighted by Crippen LogP contribution is -1.85. The minimum Gasteiger partial charge on any atom is -0.135 e. The molecule has 0 nitrogen and oxygen atoms in total. The summed E-state index contributed by atoms with van der Waals surface area (Å²) in [6.45, 7) is 2.17. The number of hydrogen-bond acceptors (Lipinski definition) is 1. The van der Waals surface area contributed by atoms with Crippen molar-refractivity contribution >= 4 is 63.8 Å². The average molecular weight is 425 g/mol. The number of fused-ring (bicyclic) bond motifs is 9. The molecule has 0 aliphatic carbocycles. The maximum atomic E-state index is 2.38. The molecule has 0 amide bonds. The number of rotatable bonds is 1. The fourth-order valence-corrected chi connectivity index (χ4v) is 6.22. The van der Waals surface area contributed by atoms with Crippen molar-refractivity contribution in [1.82, 2.24) is 0 Å². The van der Waals surface area contributed by atoms with E-state index in [0.29, 0.717) is 0 Å². The normalized spacial score (nSPS) is 11.9. The van der Waals surface area contributed by atoms with E-state index in [1.807, 2.05) is 11.3 Å². The van der Waals surface area contributed by atoms with Crippen LogP contribution in [0.5, 0.6) is 0 Å². The summed E-state index contributed by atoms with van der Waals surface area (Å²) < 4.78 is 2.71. The van der Waals surface area contributed by atoms with E-state index in [9.17, 15) is 0 Å². The first-order valence-electron chi connectivity index (χ1n) is 11.0. The van der Waals surface area contributed by atoms with E-state index < -0.39 is 0 Å². The molecule has 0 unspecified atom stereocenters. The molecule has 0 N–H and O–H groups in total. The summed E-state index contributed by atoms with van der Waals surface area (Å²) in [6, 6.07) is 38.2. The summed E-state index contributed by atoms with van der Waals surface area (Å²) in [5.41, 5.74) is 3.86. The molecule has 6 aromatic carbocycles. The SMILES string of the molecule is Cc1ccc2sc3ccc(-c4ccc5c6ccccc6c6ccccc6c5c4)cc3c2c1. The Bertz CT molecular complexity index is 1800. The molecule has 0 fully saturated rings. The van der Waals surface area contributed by atoms with Crippen LogP contribution in [0.4, 0.5) is 0 Å². The van der Waals surface area contributed by atoms with E-state index in [2.05, 4.69) is 110 Å². The summed E-state index contributed by atoms with van der Waals surface area (Å²) in [4.78, 5) is 0. The van der Waals surface area contributed by atoms with Gasteiger partial charge >= 0.3 is 0 Å². The molecule has 32 heavy (non-hydrogen) atoms. The molecule has 0 saturated heterocycles. The van der Waals surface area contributed by atoms with E-state index in [1.165, 1.54) is 69.2 Å². The van der Waals surface area contributed by atoms with Gasteiger partial charge in [0.05, 0.1) is 0 Å². The first-order valence-corrected chi connectivity index (χ1v) is 11.8. The Labute approximate surface area is 190 Å². The van der Waals surface area contributed by atoms with E-state index in [0.717, 1.165) is 0 Å². The molecule has 0 bridgehead atoms. The molecular weight excluding hydrogens is 404 g/mol. The molecule has 0 spiro atoms. The lowest BCUT2D eigenvalue weighted by molar-refractivity contribution is 1.52. The highest BCUT2D eigenvalue weighted by molar-refractivity contribution is 7.25. The Balaban J connectivity index is 1.53. The second-order valence-corrected chi connectivity index (χ2v) is 9.75. The molecule has 0 aliphatic rings. The standard InChI is InChI=1S/C31H20S/c1-19-10-14-30-28(16-19)29-18-21(12-15-31(29)32-30)20-11-13-26-24-8-3-2-6-22(24)23-7-4-5-9-25(23)27(26)17-20/h2-18H,1H3. The molecule has 0 saturated carbocycles. The number of benzene rings is 6. The predicted octanol–water partition coefficient (Wildman–Crippen LogP) is 9.49. The number of aryl methyl sites for hydroxylation is 1. The van der Waals surface area contributed by atoms with Crippen molar-refractivity contribution in [3.8, 4) is 11.1 Å². The zero-order chi connectivity index (χ0) is 21.2. The second-order valence-electron chi connectivity index (χ2n) is 8.66. The molecule has 0 atom stereocenters. The summed E-state index contributed by atoms with van der Waals surface area (Å²) in [7, 11) is 0. The van der Waals surface area contributed by atoms with Gasteiger partial charge in [0.2, 0.25) is 0 Å². The molecule has 0 aliphatic heterocycles. The molecular formula is C31H20S. The third-order valence-corrected chi connectivity index (χ3v) is 7.85. The molecule has 7 aromatic rings. The molecule has 0 radical (unpaired) electrons. The van der Waals surface area contributed by atoms with Crippen molar-refractivity contribution < 1.29 is 0 Å². The monoisotopic (exact) mass is 424 g/mol. The van der Waals surface area contributed by atoms with E-state index in [4.69, 9.17) is 0 Å². The maximum Gasteiger partial charge on any atom is 0.0355 e. The highest BCUT2D eigenvalue weighted by Gasteiger charge is 2.11. The van der Waals surface area contributed by atoms with Crippen molar-refractivity contribution in [3.63, 3.8) is 0 Å². The molecule has 150 valence electrons. The second kappa shape index (κ2) is 6.66. The first kappa shape index (κ1) is 17.9. The summed E-state index contributed by atoms with van der Waals surface area (Å²) in [5, 5.41) is 10.7. The van der Waals surface area contributed by atoms with Crippen LogP contribution >= 0.6 is 11.3 Å². The van der Waals surface area contributed by atoms with E-state index >= 15 is 0 Å². The van der Waals surface area contributed by atoms with Gasteiger partial charge in [-0.3, -0.25) is 0 Å². The summed E-state index contributed by atoms with van der Waals surface area (Å²) in [6.07, 6.45) is 0. The Morgan fingerprint density at radius 1 is 0.406 bits per heavy atom. The largest absolute Gasteiger partial charge is 0.135 e. The third-order valence-electron chi connectivity index (χ3n) is 6.70. The number of thiophene rings is 1.